The minimum Gasteiger partial charge on any atom is -0.385 e. The maximum absolute atomic E-state index is 13.8. The molecule has 3 nitrogen and oxygen atoms in total. The fourth-order valence-electron chi connectivity index (χ4n) is 2.95. The second-order valence-electron chi connectivity index (χ2n) is 5.23. The third-order valence-corrected chi connectivity index (χ3v) is 3.98. The third-order valence-electron chi connectivity index (χ3n) is 3.98. The summed E-state index contributed by atoms with van der Waals surface area (Å²) in [6.07, 6.45) is 0.862. The van der Waals surface area contributed by atoms with Crippen LogP contribution in [-0.2, 0) is 0 Å². The molecule has 4 rings (SSSR count). The number of fused-ring (bicyclic) bond motifs is 2. The summed E-state index contributed by atoms with van der Waals surface area (Å²) < 4.78 is 27.1. The zero-order chi connectivity index (χ0) is 14.4. The Morgan fingerprint density at radius 2 is 1.95 bits per heavy atom. The summed E-state index contributed by atoms with van der Waals surface area (Å²) in [4.78, 5) is 7.43. The van der Waals surface area contributed by atoms with Crippen molar-refractivity contribution in [2.75, 3.05) is 11.9 Å². The number of anilines is 1. The Bertz CT molecular complexity index is 826. The van der Waals surface area contributed by atoms with Crippen LogP contribution in [0.5, 0.6) is 0 Å². The highest BCUT2D eigenvalue weighted by molar-refractivity contribution is 5.76. The molecular formula is C16H13F2N3. The van der Waals surface area contributed by atoms with Gasteiger partial charge >= 0.3 is 0 Å². The van der Waals surface area contributed by atoms with E-state index in [2.05, 4.69) is 15.3 Å². The van der Waals surface area contributed by atoms with Crippen LogP contribution in [0.1, 0.15) is 23.7 Å². The predicted octanol–water partition coefficient (Wildman–Crippen LogP) is 3.79. The van der Waals surface area contributed by atoms with Crippen LogP contribution in [-0.4, -0.2) is 16.5 Å². The molecule has 0 bridgehead atoms. The standard InChI is InChI=1S/C16H13F2N3/c17-11-5-6-13-15(14(11)18)21-16(20-13)10-7-8-19-12-4-2-1-3-9(10)12/h1-6,10,19H,7-8H2,(H,20,21). The van der Waals surface area contributed by atoms with E-state index in [1.807, 2.05) is 24.3 Å². The summed E-state index contributed by atoms with van der Waals surface area (Å²) in [5.41, 5.74) is 2.80. The lowest BCUT2D eigenvalue weighted by atomic mass is 9.90. The smallest absolute Gasteiger partial charge is 0.186 e. The third kappa shape index (κ3) is 1.88. The zero-order valence-electron chi connectivity index (χ0n) is 11.2. The van der Waals surface area contributed by atoms with Gasteiger partial charge in [0.2, 0.25) is 0 Å². The molecule has 1 unspecified atom stereocenters. The number of nitrogens with one attached hydrogen (secondary N) is 2. The molecule has 1 aliphatic heterocycles. The molecule has 1 aromatic heterocycles. The van der Waals surface area contributed by atoms with E-state index in [0.717, 1.165) is 30.3 Å². The molecule has 21 heavy (non-hydrogen) atoms. The van der Waals surface area contributed by atoms with E-state index in [0.29, 0.717) is 11.3 Å². The molecule has 0 saturated carbocycles. The first-order valence-corrected chi connectivity index (χ1v) is 6.90. The molecule has 2 N–H and O–H groups in total. The first kappa shape index (κ1) is 12.3. The average molecular weight is 285 g/mol. The van der Waals surface area contributed by atoms with Gasteiger partial charge in [-0.15, -0.1) is 0 Å². The van der Waals surface area contributed by atoms with Gasteiger partial charge in [-0.1, -0.05) is 18.2 Å². The van der Waals surface area contributed by atoms with Crippen molar-refractivity contribution in [1.29, 1.82) is 0 Å². The largest absolute Gasteiger partial charge is 0.385 e. The number of imidazole rings is 1. The van der Waals surface area contributed by atoms with Crippen molar-refractivity contribution in [2.24, 2.45) is 0 Å². The summed E-state index contributed by atoms with van der Waals surface area (Å²) in [6, 6.07) is 10.7. The van der Waals surface area contributed by atoms with Crippen molar-refractivity contribution in [1.82, 2.24) is 9.97 Å². The highest BCUT2D eigenvalue weighted by Crippen LogP contribution is 2.36. The maximum Gasteiger partial charge on any atom is 0.186 e. The Morgan fingerprint density at radius 1 is 1.10 bits per heavy atom. The van der Waals surface area contributed by atoms with Gasteiger partial charge in [0.15, 0.2) is 11.6 Å². The van der Waals surface area contributed by atoms with Gasteiger partial charge in [-0.05, 0) is 30.2 Å². The Morgan fingerprint density at radius 3 is 2.86 bits per heavy atom. The average Bonchev–Trinajstić information content (AvgIpc) is 2.95. The minimum absolute atomic E-state index is 0.0670. The number of hydrogen-bond donors (Lipinski definition) is 2. The van der Waals surface area contributed by atoms with Gasteiger partial charge in [-0.3, -0.25) is 0 Å². The minimum atomic E-state index is -0.891. The lowest BCUT2D eigenvalue weighted by Gasteiger charge is -2.25. The number of halogens is 2. The number of H-pyrrole nitrogens is 1. The Balaban J connectivity index is 1.86. The van der Waals surface area contributed by atoms with Gasteiger partial charge in [-0.25, -0.2) is 13.8 Å². The molecular weight excluding hydrogens is 272 g/mol. The van der Waals surface area contributed by atoms with Crippen LogP contribution in [0.15, 0.2) is 36.4 Å². The summed E-state index contributed by atoms with van der Waals surface area (Å²) in [6.45, 7) is 0.829. The molecule has 0 radical (unpaired) electrons. The van der Waals surface area contributed by atoms with Crippen LogP contribution in [0.25, 0.3) is 11.0 Å². The van der Waals surface area contributed by atoms with Crippen LogP contribution in [0.4, 0.5) is 14.5 Å². The van der Waals surface area contributed by atoms with Crippen molar-refractivity contribution < 1.29 is 8.78 Å². The van der Waals surface area contributed by atoms with Gasteiger partial charge < -0.3 is 10.3 Å². The van der Waals surface area contributed by atoms with Gasteiger partial charge in [0.05, 0.1) is 5.52 Å². The highest BCUT2D eigenvalue weighted by Gasteiger charge is 2.24. The molecule has 0 aliphatic carbocycles. The number of benzene rings is 2. The topological polar surface area (TPSA) is 40.7 Å². The lowest BCUT2D eigenvalue weighted by molar-refractivity contribution is 0.515. The Labute approximate surface area is 120 Å². The molecule has 1 aliphatic rings. The van der Waals surface area contributed by atoms with E-state index < -0.39 is 11.6 Å². The van der Waals surface area contributed by atoms with Crippen LogP contribution < -0.4 is 5.32 Å². The summed E-state index contributed by atoms with van der Waals surface area (Å²) in [7, 11) is 0. The number of rotatable bonds is 1. The summed E-state index contributed by atoms with van der Waals surface area (Å²) in [5.74, 6) is -1.01. The first-order chi connectivity index (χ1) is 10.2. The van der Waals surface area contributed by atoms with Crippen LogP contribution in [0.3, 0.4) is 0 Å². The Kier molecular flexibility index (Phi) is 2.67. The van der Waals surface area contributed by atoms with E-state index in [1.165, 1.54) is 6.07 Å². The summed E-state index contributed by atoms with van der Waals surface area (Å²) in [5, 5.41) is 3.34. The van der Waals surface area contributed by atoms with Gasteiger partial charge in [0.1, 0.15) is 11.3 Å². The lowest BCUT2D eigenvalue weighted by Crippen LogP contribution is -2.18. The van der Waals surface area contributed by atoms with E-state index in [1.54, 1.807) is 0 Å². The van der Waals surface area contributed by atoms with E-state index >= 15 is 0 Å². The number of nitrogens with zero attached hydrogens (tertiary/aromatic N) is 1. The van der Waals surface area contributed by atoms with Gasteiger partial charge in [-0.2, -0.15) is 0 Å². The molecule has 2 aromatic carbocycles. The molecule has 0 fully saturated rings. The summed E-state index contributed by atoms with van der Waals surface area (Å²) >= 11 is 0. The monoisotopic (exact) mass is 285 g/mol. The number of para-hydroxylation sites is 1. The fraction of sp³-hybridized carbons (Fsp3) is 0.188. The molecule has 1 atom stereocenters. The zero-order valence-corrected chi connectivity index (χ0v) is 11.2. The van der Waals surface area contributed by atoms with E-state index in [-0.39, 0.29) is 11.4 Å². The molecule has 106 valence electrons. The maximum atomic E-state index is 13.8. The predicted molar refractivity (Wildman–Crippen MR) is 77.4 cm³/mol. The molecule has 5 heteroatoms. The van der Waals surface area contributed by atoms with Crippen LogP contribution in [0, 0.1) is 11.6 Å². The van der Waals surface area contributed by atoms with Crippen LogP contribution >= 0.6 is 0 Å². The molecule has 2 heterocycles. The quantitative estimate of drug-likeness (QED) is 0.714. The van der Waals surface area contributed by atoms with E-state index in [4.69, 9.17) is 0 Å². The first-order valence-electron chi connectivity index (χ1n) is 6.90. The normalized spacial score (nSPS) is 17.5. The van der Waals surface area contributed by atoms with Gasteiger partial charge in [0, 0.05) is 18.2 Å². The van der Waals surface area contributed by atoms with Gasteiger partial charge in [0.25, 0.3) is 0 Å². The second kappa shape index (κ2) is 4.55. The molecule has 0 spiro atoms. The van der Waals surface area contributed by atoms with Crippen molar-refractivity contribution in [3.05, 3.63) is 59.4 Å². The van der Waals surface area contributed by atoms with Crippen LogP contribution in [0.2, 0.25) is 0 Å². The number of hydrogen-bond acceptors (Lipinski definition) is 2. The Hall–Kier alpha value is -2.43. The molecule has 0 saturated heterocycles. The van der Waals surface area contributed by atoms with Crippen molar-refractivity contribution in [3.8, 4) is 0 Å². The molecule has 3 aromatic rings. The highest BCUT2D eigenvalue weighted by atomic mass is 19.2. The molecule has 0 amide bonds. The number of aromatic amines is 1. The van der Waals surface area contributed by atoms with Crippen molar-refractivity contribution >= 4 is 16.7 Å². The second-order valence-corrected chi connectivity index (χ2v) is 5.23. The fourth-order valence-corrected chi connectivity index (χ4v) is 2.95. The van der Waals surface area contributed by atoms with Crippen molar-refractivity contribution in [2.45, 2.75) is 12.3 Å². The number of aromatic nitrogens is 2. The van der Waals surface area contributed by atoms with E-state index in [9.17, 15) is 8.78 Å². The van der Waals surface area contributed by atoms with Crippen molar-refractivity contribution in [3.63, 3.8) is 0 Å². The SMILES string of the molecule is Fc1ccc2[nH]c(C3CCNc4ccccc43)nc2c1F.